The summed E-state index contributed by atoms with van der Waals surface area (Å²) in [5, 5.41) is 108. The van der Waals surface area contributed by atoms with Crippen LogP contribution >= 0.6 is 0 Å². The number of benzene rings is 1. The zero-order chi connectivity index (χ0) is 110. The van der Waals surface area contributed by atoms with E-state index in [1.165, 1.54) is 29.4 Å². The SMILES string of the molecule is CC[C@H](C)[C@H](NC(=O)[C@H](CCCNC(=N)N)NC(=O)[C@@H](N)CCCNC(=N)N)C(=O)N[C@@H](CCCNC(=N)N)C(=O)N1CCC[C@H]1C(=O)N[C@@H](CCCNC(=N)N)C(=O)N1CCC[C@H]1C(=O)N1CCC[C@H]1C(=O)N[C@@H](Cc1c[nH]c2ccccc12)C(=O)N[C@@H](CC(C)C)C(=O)N1CCC[C@H]1C(=O)N[C@@H](CCCNC(=N)N)C(=O)N1CCC[C@H]1C(=O)N[C@@H](CCCNC(=N)N)C(=O)N1CCC[C@H]1C(=O)N[C@@H](CCCNC(=N)N)C(=O)O. The molecule has 150 heavy (non-hydrogen) atoms. The number of aromatic amines is 1. The largest absolute Gasteiger partial charge is 0.480 e. The number of aromatic nitrogens is 1. The van der Waals surface area contributed by atoms with Gasteiger partial charge in [-0.05, 0) is 197 Å². The summed E-state index contributed by atoms with van der Waals surface area (Å²) < 4.78 is 0. The van der Waals surface area contributed by atoms with Gasteiger partial charge in [-0.2, -0.15) is 0 Å². The molecule has 41 N–H and O–H groups in total. The van der Waals surface area contributed by atoms with Gasteiger partial charge in [-0.1, -0.05) is 52.3 Å². The van der Waals surface area contributed by atoms with E-state index in [0.29, 0.717) is 67.8 Å². The number of fused-ring (bicyclic) bond motifs is 1. The molecule has 6 aliphatic heterocycles. The molecule has 0 bridgehead atoms. The molecule has 8 rings (SSSR count). The van der Waals surface area contributed by atoms with Crippen LogP contribution in [0.15, 0.2) is 30.5 Å². The predicted octanol–water partition coefficient (Wildman–Crippen LogP) is -6.63. The third kappa shape index (κ3) is 36.6. The molecule has 6 saturated heterocycles. The van der Waals surface area contributed by atoms with Crippen LogP contribution in [0.4, 0.5) is 0 Å². The smallest absolute Gasteiger partial charge is 0.326 e. The average molecular weight is 2110 g/mol. The number of para-hydroxylation sites is 1. The zero-order valence-electron chi connectivity index (χ0n) is 86.3. The lowest BCUT2D eigenvalue weighted by molar-refractivity contribution is -0.148. The highest BCUT2D eigenvalue weighted by Gasteiger charge is 2.50. The van der Waals surface area contributed by atoms with E-state index in [1.807, 2.05) is 32.0 Å². The van der Waals surface area contributed by atoms with Crippen molar-refractivity contribution in [1.29, 1.82) is 37.9 Å². The Kier molecular flexibility index (Phi) is 48.1. The molecule has 0 aliphatic carbocycles. The highest BCUT2D eigenvalue weighted by molar-refractivity contribution is 6.02. The van der Waals surface area contributed by atoms with E-state index < -0.39 is 197 Å². The Labute approximate surface area is 871 Å². The van der Waals surface area contributed by atoms with Gasteiger partial charge in [0.25, 0.3) is 0 Å². The van der Waals surface area contributed by atoms with Gasteiger partial charge >= 0.3 is 5.97 Å². The van der Waals surface area contributed by atoms with Gasteiger partial charge in [0.1, 0.15) is 90.6 Å². The second-order valence-electron chi connectivity index (χ2n) is 39.5. The number of nitrogens with zero attached hydrogens (tertiary/aromatic N) is 6. The first-order valence-electron chi connectivity index (χ1n) is 52.0. The molecule has 1 aromatic carbocycles. The molecule has 0 unspecified atom stereocenters. The van der Waals surface area contributed by atoms with E-state index in [2.05, 4.69) is 90.1 Å². The maximum absolute atomic E-state index is 15.5. The summed E-state index contributed by atoms with van der Waals surface area (Å²) in [4.78, 5) is 248. The Morgan fingerprint density at radius 1 is 0.353 bits per heavy atom. The number of carboxylic acid groups (broad SMARTS) is 1. The van der Waals surface area contributed by atoms with Crippen LogP contribution in [-0.2, 0) is 83.1 Å². The van der Waals surface area contributed by atoms with Crippen LogP contribution in [0.2, 0.25) is 0 Å². The molecular formula is C95H160N38O17. The van der Waals surface area contributed by atoms with E-state index in [0.717, 1.165) is 0 Å². The lowest BCUT2D eigenvalue weighted by atomic mass is 9.96. The number of aliphatic carboxylic acids is 1. The molecule has 0 saturated carbocycles. The number of carbonyl (C=O) groups excluding carboxylic acids is 15. The Morgan fingerprint density at radius 2 is 0.640 bits per heavy atom. The second-order valence-corrected chi connectivity index (χ2v) is 39.5. The van der Waals surface area contributed by atoms with Crippen LogP contribution in [0.25, 0.3) is 10.9 Å². The fourth-order valence-corrected chi connectivity index (χ4v) is 19.9. The van der Waals surface area contributed by atoms with Crippen LogP contribution in [0.1, 0.15) is 213 Å². The summed E-state index contributed by atoms with van der Waals surface area (Å²) in [6.07, 6.45) is 5.69. The van der Waals surface area contributed by atoms with E-state index in [-0.39, 0.29) is 268 Å². The molecule has 55 nitrogen and oxygen atoms in total. The maximum atomic E-state index is 15.5. The third-order valence-corrected chi connectivity index (χ3v) is 27.8. The molecule has 15 amide bonds. The first-order chi connectivity index (χ1) is 71.4. The predicted molar refractivity (Wildman–Crippen MR) is 556 cm³/mol. The standard InChI is InChI=1S/C95H160N38O17/c1-5-53(4)72(127-74(135)58(24-9-37-112-90(99)100)119-73(134)56(96)22-8-36-111-89(97)98)81(142)123-62(28-13-41-116-94(107)108)84(145)129-44-16-31-67(129)77(138)122-61(27-12-40-115-93(105)106)85(146)133-48-20-35-71(133)87(148)132-47-19-34-70(132)80(141)125-64(50-54-51-118-57-23-7-6-21-55(54)57)75(136)126-65(49-52(2)3)86(147)131-46-18-32-68(131)78(139)121-59(25-10-38-113-91(101)102)82(143)128-43-15-30-66(128)76(137)120-60(26-11-39-114-92(103)104)83(144)130-45-17-33-69(130)79(140)124-63(88(149)150)29-14-42-117-95(109)110/h6-7,21,23,51-53,56,58-72,118H,5,8-20,22,24-50,96H2,1-4H3,(H,119,134)(H,120,137)(H,121,139)(H,122,138)(H,123,142)(H,124,140)(H,125,141)(H,126,136)(H,127,135)(H,149,150)(H4,97,98,111)(H4,99,100,112)(H4,101,102,113)(H4,103,104,114)(H4,105,106,115)(H4,107,108,116)(H4,109,110,117)/t53-,56-,58-,59-,60-,61-,62-,63-,64-,65-,66-,67-,68-,69-,70-,71-,72-/m0/s1. The summed E-state index contributed by atoms with van der Waals surface area (Å²) in [6.45, 7) is 8.20. The lowest BCUT2D eigenvalue weighted by Crippen LogP contribution is -2.61. The number of nitrogens with two attached hydrogens (primary N) is 8. The summed E-state index contributed by atoms with van der Waals surface area (Å²) in [5.41, 5.74) is 46.4. The molecule has 0 spiro atoms. The van der Waals surface area contributed by atoms with Gasteiger partial charge < -0.3 is 170 Å². The highest BCUT2D eigenvalue weighted by atomic mass is 16.4. The number of nitrogens with one attached hydrogen (secondary N) is 24. The Bertz CT molecular complexity index is 5080. The molecule has 6 aliphatic rings. The molecule has 832 valence electrons. The van der Waals surface area contributed by atoms with Gasteiger partial charge in [-0.25, -0.2) is 4.79 Å². The van der Waals surface area contributed by atoms with Crippen molar-refractivity contribution in [1.82, 2.24) is 119 Å². The Balaban J connectivity index is 0.981. The van der Waals surface area contributed by atoms with Gasteiger partial charge in [-0.3, -0.25) is 110 Å². The molecule has 0 radical (unpaired) electrons. The summed E-state index contributed by atoms with van der Waals surface area (Å²) in [5.74, 6) is -15.3. The molecule has 2 aromatic rings. The van der Waals surface area contributed by atoms with Crippen molar-refractivity contribution >= 4 is 147 Å². The minimum atomic E-state index is -1.45. The average Bonchev–Trinajstić information content (AvgIpc) is 1.64. The molecular weight excluding hydrogens is 1950 g/mol. The van der Waals surface area contributed by atoms with Crippen molar-refractivity contribution < 1.29 is 81.8 Å². The highest BCUT2D eigenvalue weighted by Crippen LogP contribution is 2.31. The van der Waals surface area contributed by atoms with Crippen molar-refractivity contribution in [2.24, 2.45) is 57.7 Å². The van der Waals surface area contributed by atoms with Crippen molar-refractivity contribution in [3.63, 3.8) is 0 Å². The first kappa shape index (κ1) is 120. The molecule has 1 aromatic heterocycles. The van der Waals surface area contributed by atoms with Crippen LogP contribution < -0.4 is 131 Å². The van der Waals surface area contributed by atoms with Crippen molar-refractivity contribution in [2.45, 2.75) is 311 Å². The quantitative estimate of drug-likeness (QED) is 0.0166. The van der Waals surface area contributed by atoms with Crippen LogP contribution in [-0.4, -0.2) is 358 Å². The van der Waals surface area contributed by atoms with Crippen molar-refractivity contribution in [3.05, 3.63) is 36.0 Å². The molecule has 7 heterocycles. The van der Waals surface area contributed by atoms with Crippen LogP contribution in [0.3, 0.4) is 0 Å². The van der Waals surface area contributed by atoms with Gasteiger partial charge in [0.05, 0.1) is 6.04 Å². The number of carbonyl (C=O) groups is 16. The van der Waals surface area contributed by atoms with E-state index in [1.54, 1.807) is 26.1 Å². The normalized spacial score (nSPS) is 19.5. The number of carboxylic acids is 1. The zero-order valence-corrected chi connectivity index (χ0v) is 86.3. The number of hydrogen-bond donors (Lipinski definition) is 33. The maximum Gasteiger partial charge on any atom is 0.326 e. The minimum Gasteiger partial charge on any atom is -0.480 e. The number of hydrogen-bond acceptors (Lipinski definition) is 24. The van der Waals surface area contributed by atoms with Gasteiger partial charge in [0, 0.05) is 109 Å². The van der Waals surface area contributed by atoms with E-state index in [4.69, 9.17) is 83.7 Å². The Hall–Kier alpha value is -14.9. The lowest BCUT2D eigenvalue weighted by Gasteiger charge is -2.34. The van der Waals surface area contributed by atoms with E-state index in [9.17, 15) is 38.7 Å². The van der Waals surface area contributed by atoms with Gasteiger partial charge in [0.15, 0.2) is 41.7 Å². The topological polar surface area (TPSA) is 896 Å². The number of guanidine groups is 7. The number of rotatable bonds is 59. The fraction of sp³-hybridized carbons (Fsp3) is 0.674. The first-order valence-corrected chi connectivity index (χ1v) is 52.0. The summed E-state index contributed by atoms with van der Waals surface area (Å²) >= 11 is 0. The number of likely N-dealkylation sites (tertiary alicyclic amines) is 6. The Morgan fingerprint density at radius 3 is 1.00 bits per heavy atom. The van der Waals surface area contributed by atoms with Gasteiger partial charge in [-0.15, -0.1) is 0 Å². The molecule has 55 heteroatoms. The van der Waals surface area contributed by atoms with Gasteiger partial charge in [0.2, 0.25) is 88.6 Å². The summed E-state index contributed by atoms with van der Waals surface area (Å²) in [7, 11) is 0. The van der Waals surface area contributed by atoms with Crippen molar-refractivity contribution in [3.8, 4) is 0 Å². The third-order valence-electron chi connectivity index (χ3n) is 27.8. The number of H-pyrrole nitrogens is 1. The van der Waals surface area contributed by atoms with Crippen LogP contribution in [0, 0.1) is 49.7 Å². The molecule has 17 atom stereocenters. The second kappa shape index (κ2) is 60.0. The molecule has 6 fully saturated rings. The van der Waals surface area contributed by atoms with Crippen molar-refractivity contribution in [2.75, 3.05) is 85.1 Å². The fourth-order valence-electron chi connectivity index (χ4n) is 19.9. The monoisotopic (exact) mass is 2110 g/mol. The van der Waals surface area contributed by atoms with Crippen LogP contribution in [0.5, 0.6) is 0 Å². The van der Waals surface area contributed by atoms with E-state index >= 15 is 43.2 Å². The minimum absolute atomic E-state index is 0.00366. The number of amides is 15. The summed E-state index contributed by atoms with van der Waals surface area (Å²) in [6, 6.07) is -13.2.